The monoisotopic (exact) mass is 322 g/mol. The van der Waals surface area contributed by atoms with Gasteiger partial charge in [-0.3, -0.25) is 4.79 Å². The molecule has 3 aromatic rings. The number of fused-ring (bicyclic) bond motifs is 2. The largest absolute Gasteiger partial charge is 0.358 e. The number of nitrogens with one attached hydrogen (secondary N) is 2. The van der Waals surface area contributed by atoms with Crippen molar-refractivity contribution in [3.8, 4) is 0 Å². The topological polar surface area (TPSA) is 62.7 Å². The number of imidazole rings is 1. The van der Waals surface area contributed by atoms with Gasteiger partial charge in [0.15, 0.2) is 0 Å². The van der Waals surface area contributed by atoms with Crippen LogP contribution >= 0.6 is 0 Å². The first-order chi connectivity index (χ1) is 11.7. The fraction of sp³-hybridized carbons (Fsp3) is 0.368. The van der Waals surface area contributed by atoms with Crippen LogP contribution in [0, 0.1) is 12.8 Å². The third kappa shape index (κ3) is 2.70. The number of aromatic amines is 1. The van der Waals surface area contributed by atoms with E-state index >= 15 is 0 Å². The highest BCUT2D eigenvalue weighted by Crippen LogP contribution is 2.22. The van der Waals surface area contributed by atoms with E-state index in [1.165, 1.54) is 16.6 Å². The van der Waals surface area contributed by atoms with Crippen molar-refractivity contribution in [2.24, 2.45) is 5.92 Å². The van der Waals surface area contributed by atoms with E-state index in [9.17, 15) is 4.79 Å². The van der Waals surface area contributed by atoms with Gasteiger partial charge in [-0.05, 0) is 31.4 Å². The lowest BCUT2D eigenvalue weighted by atomic mass is 9.97. The first-order valence-electron chi connectivity index (χ1n) is 8.56. The van der Waals surface area contributed by atoms with Crippen molar-refractivity contribution in [2.75, 3.05) is 6.54 Å². The van der Waals surface area contributed by atoms with E-state index in [1.807, 2.05) is 18.5 Å². The highest BCUT2D eigenvalue weighted by Gasteiger charge is 2.25. The summed E-state index contributed by atoms with van der Waals surface area (Å²) in [6, 6.07) is 8.32. The fourth-order valence-corrected chi connectivity index (χ4v) is 3.69. The maximum absolute atomic E-state index is 12.5. The normalized spacial score (nSPS) is 17.0. The van der Waals surface area contributed by atoms with Crippen molar-refractivity contribution in [1.82, 2.24) is 19.9 Å². The number of H-pyrrole nitrogens is 1. The van der Waals surface area contributed by atoms with Crippen molar-refractivity contribution in [3.05, 3.63) is 53.7 Å². The Morgan fingerprint density at radius 2 is 2.29 bits per heavy atom. The van der Waals surface area contributed by atoms with Crippen LogP contribution in [0.3, 0.4) is 0 Å². The number of hydrogen-bond acceptors (Lipinski definition) is 2. The van der Waals surface area contributed by atoms with Gasteiger partial charge in [0, 0.05) is 54.4 Å². The molecule has 3 heterocycles. The van der Waals surface area contributed by atoms with E-state index < -0.39 is 0 Å². The van der Waals surface area contributed by atoms with Gasteiger partial charge in [-0.25, -0.2) is 4.98 Å². The predicted molar refractivity (Wildman–Crippen MR) is 93.8 cm³/mol. The third-order valence-corrected chi connectivity index (χ3v) is 5.02. The molecular formula is C19H22N4O. The Bertz CT molecular complexity index is 877. The molecule has 0 bridgehead atoms. The summed E-state index contributed by atoms with van der Waals surface area (Å²) in [5.41, 5.74) is 3.64. The van der Waals surface area contributed by atoms with Gasteiger partial charge in [-0.1, -0.05) is 18.2 Å². The Morgan fingerprint density at radius 3 is 3.21 bits per heavy atom. The fourth-order valence-electron chi connectivity index (χ4n) is 3.69. The second kappa shape index (κ2) is 6.15. The van der Waals surface area contributed by atoms with Crippen LogP contribution in [-0.4, -0.2) is 27.0 Å². The zero-order chi connectivity index (χ0) is 16.5. The molecule has 1 aromatic carbocycles. The number of aryl methyl sites for hydroxylation is 2. The van der Waals surface area contributed by atoms with Gasteiger partial charge in [0.2, 0.25) is 5.91 Å². The number of nitrogens with zero attached hydrogens (tertiary/aromatic N) is 2. The van der Waals surface area contributed by atoms with Crippen LogP contribution < -0.4 is 5.32 Å². The molecule has 0 fully saturated rings. The molecule has 5 heteroatoms. The zero-order valence-electron chi connectivity index (χ0n) is 13.9. The molecule has 124 valence electrons. The van der Waals surface area contributed by atoms with Gasteiger partial charge in [-0.2, -0.15) is 0 Å². The molecule has 2 N–H and O–H groups in total. The van der Waals surface area contributed by atoms with E-state index in [2.05, 4.69) is 45.0 Å². The molecule has 4 rings (SSSR count). The molecule has 0 aliphatic carbocycles. The molecule has 0 spiro atoms. The minimum Gasteiger partial charge on any atom is -0.358 e. The number of rotatable bonds is 4. The first kappa shape index (κ1) is 15.0. The van der Waals surface area contributed by atoms with Crippen LogP contribution in [0.5, 0.6) is 0 Å². The van der Waals surface area contributed by atoms with E-state index in [4.69, 9.17) is 0 Å². The van der Waals surface area contributed by atoms with Crippen LogP contribution in [0.15, 0.2) is 36.7 Å². The standard InChI is InChI=1S/C19H22N4O/c1-13-15(16-4-2-3-5-17(16)22-13)6-8-21-19(24)14-7-10-23-11-9-20-18(23)12-14/h2-5,9,11,14,22H,6-8,10,12H2,1H3,(H,21,24). The van der Waals surface area contributed by atoms with Gasteiger partial charge >= 0.3 is 0 Å². The summed E-state index contributed by atoms with van der Waals surface area (Å²) in [5.74, 6) is 1.22. The quantitative estimate of drug-likeness (QED) is 0.775. The summed E-state index contributed by atoms with van der Waals surface area (Å²) in [5, 5.41) is 4.37. The van der Waals surface area contributed by atoms with Crippen LogP contribution in [0.1, 0.15) is 23.5 Å². The molecule has 0 saturated heterocycles. The Hall–Kier alpha value is -2.56. The van der Waals surface area contributed by atoms with E-state index in [-0.39, 0.29) is 11.8 Å². The Balaban J connectivity index is 1.37. The summed E-state index contributed by atoms with van der Waals surface area (Å²) in [6.07, 6.45) is 6.29. The van der Waals surface area contributed by atoms with Crippen molar-refractivity contribution >= 4 is 16.8 Å². The first-order valence-corrected chi connectivity index (χ1v) is 8.56. The lowest BCUT2D eigenvalue weighted by molar-refractivity contribution is -0.125. The second-order valence-electron chi connectivity index (χ2n) is 6.54. The average molecular weight is 322 g/mol. The maximum atomic E-state index is 12.5. The van der Waals surface area contributed by atoms with E-state index in [1.54, 1.807) is 0 Å². The summed E-state index contributed by atoms with van der Waals surface area (Å²) >= 11 is 0. The molecule has 2 aromatic heterocycles. The van der Waals surface area contributed by atoms with Crippen LogP contribution in [0.2, 0.25) is 0 Å². The van der Waals surface area contributed by atoms with Gasteiger partial charge in [0.25, 0.3) is 0 Å². The SMILES string of the molecule is Cc1[nH]c2ccccc2c1CCNC(=O)C1CCn2ccnc2C1. The second-order valence-corrected chi connectivity index (χ2v) is 6.54. The predicted octanol–water partition coefficient (Wildman–Crippen LogP) is 2.59. The van der Waals surface area contributed by atoms with Gasteiger partial charge in [0.05, 0.1) is 0 Å². The molecular weight excluding hydrogens is 300 g/mol. The summed E-state index contributed by atoms with van der Waals surface area (Å²) in [6.45, 7) is 3.65. The van der Waals surface area contributed by atoms with Crippen molar-refractivity contribution in [2.45, 2.75) is 32.7 Å². The zero-order valence-corrected chi connectivity index (χ0v) is 13.9. The Kier molecular flexibility index (Phi) is 3.84. The molecule has 0 saturated carbocycles. The number of carbonyl (C=O) groups excluding carboxylic acids is 1. The number of aromatic nitrogens is 3. The number of carbonyl (C=O) groups is 1. The maximum Gasteiger partial charge on any atom is 0.223 e. The van der Waals surface area contributed by atoms with Crippen molar-refractivity contribution in [3.63, 3.8) is 0 Å². The lowest BCUT2D eigenvalue weighted by Crippen LogP contribution is -2.36. The summed E-state index contributed by atoms with van der Waals surface area (Å²) in [4.78, 5) is 20.2. The average Bonchev–Trinajstić information content (AvgIpc) is 3.18. The van der Waals surface area contributed by atoms with Crippen molar-refractivity contribution in [1.29, 1.82) is 0 Å². The number of benzene rings is 1. The van der Waals surface area contributed by atoms with E-state index in [0.29, 0.717) is 6.54 Å². The molecule has 1 amide bonds. The van der Waals surface area contributed by atoms with Gasteiger partial charge in [0.1, 0.15) is 5.82 Å². The van der Waals surface area contributed by atoms with Crippen LogP contribution in [-0.2, 0) is 24.2 Å². The Morgan fingerprint density at radius 1 is 1.42 bits per heavy atom. The number of hydrogen-bond donors (Lipinski definition) is 2. The smallest absolute Gasteiger partial charge is 0.223 e. The molecule has 1 unspecified atom stereocenters. The van der Waals surface area contributed by atoms with Gasteiger partial charge in [-0.15, -0.1) is 0 Å². The minimum atomic E-state index is 0.0453. The molecule has 1 aliphatic heterocycles. The van der Waals surface area contributed by atoms with Crippen LogP contribution in [0.25, 0.3) is 10.9 Å². The molecule has 5 nitrogen and oxygen atoms in total. The number of amides is 1. The lowest BCUT2D eigenvalue weighted by Gasteiger charge is -2.22. The Labute approximate surface area is 141 Å². The highest BCUT2D eigenvalue weighted by molar-refractivity contribution is 5.84. The molecule has 1 atom stereocenters. The van der Waals surface area contributed by atoms with E-state index in [0.717, 1.165) is 37.1 Å². The molecule has 0 radical (unpaired) electrons. The molecule has 24 heavy (non-hydrogen) atoms. The van der Waals surface area contributed by atoms with Crippen molar-refractivity contribution < 1.29 is 4.79 Å². The molecule has 1 aliphatic rings. The van der Waals surface area contributed by atoms with Crippen LogP contribution in [0.4, 0.5) is 0 Å². The third-order valence-electron chi connectivity index (χ3n) is 5.02. The minimum absolute atomic E-state index is 0.0453. The summed E-state index contributed by atoms with van der Waals surface area (Å²) in [7, 11) is 0. The summed E-state index contributed by atoms with van der Waals surface area (Å²) < 4.78 is 2.14. The number of para-hydroxylation sites is 1. The highest BCUT2D eigenvalue weighted by atomic mass is 16.1. The van der Waals surface area contributed by atoms with Gasteiger partial charge < -0.3 is 14.9 Å².